The number of pyridine rings is 1. The maximum absolute atomic E-state index is 5.75. The van der Waals surface area contributed by atoms with Gasteiger partial charge in [-0.2, -0.15) is 0 Å². The Labute approximate surface area is 114 Å². The summed E-state index contributed by atoms with van der Waals surface area (Å²) in [6.45, 7) is 7.07. The van der Waals surface area contributed by atoms with Gasteiger partial charge in [0.25, 0.3) is 0 Å². The first kappa shape index (κ1) is 13.6. The fourth-order valence-electron chi connectivity index (χ4n) is 1.89. The van der Waals surface area contributed by atoms with Crippen LogP contribution < -0.4 is 11.1 Å². The van der Waals surface area contributed by atoms with E-state index in [1.807, 2.05) is 36.7 Å². The van der Waals surface area contributed by atoms with Crippen LogP contribution in [-0.4, -0.2) is 4.98 Å². The molecule has 0 radical (unpaired) electrons. The summed E-state index contributed by atoms with van der Waals surface area (Å²) >= 11 is 0. The molecule has 0 atom stereocenters. The van der Waals surface area contributed by atoms with Crippen molar-refractivity contribution in [2.45, 2.75) is 32.7 Å². The van der Waals surface area contributed by atoms with Gasteiger partial charge in [0, 0.05) is 18.4 Å². The molecule has 3 heteroatoms. The number of nitrogens with two attached hydrogens (primary N) is 1. The van der Waals surface area contributed by atoms with Crippen molar-refractivity contribution >= 4 is 11.4 Å². The lowest BCUT2D eigenvalue weighted by Crippen LogP contribution is -2.12. The second-order valence-electron chi connectivity index (χ2n) is 5.70. The molecule has 2 rings (SSSR count). The molecule has 0 fully saturated rings. The van der Waals surface area contributed by atoms with Crippen molar-refractivity contribution in [3.63, 3.8) is 0 Å². The molecule has 0 bridgehead atoms. The van der Waals surface area contributed by atoms with E-state index in [2.05, 4.69) is 37.1 Å². The molecule has 3 nitrogen and oxygen atoms in total. The Balaban J connectivity index is 2.29. The zero-order valence-corrected chi connectivity index (χ0v) is 11.8. The molecule has 1 aromatic carbocycles. The quantitative estimate of drug-likeness (QED) is 0.881. The van der Waals surface area contributed by atoms with Crippen molar-refractivity contribution in [1.29, 1.82) is 0 Å². The minimum atomic E-state index is 0.0953. The number of nitrogens with one attached hydrogen (secondary N) is 1. The third kappa shape index (κ3) is 3.32. The van der Waals surface area contributed by atoms with Crippen LogP contribution in [0.4, 0.5) is 11.4 Å². The first-order chi connectivity index (χ1) is 9.00. The molecule has 0 saturated carbocycles. The molecule has 3 N–H and O–H groups in total. The topological polar surface area (TPSA) is 50.9 Å². The summed E-state index contributed by atoms with van der Waals surface area (Å²) in [5.41, 5.74) is 10.2. The minimum Gasteiger partial charge on any atom is -0.354 e. The van der Waals surface area contributed by atoms with Crippen molar-refractivity contribution in [3.05, 3.63) is 53.9 Å². The lowest BCUT2D eigenvalue weighted by atomic mass is 9.88. The van der Waals surface area contributed by atoms with E-state index in [0.29, 0.717) is 6.54 Å². The van der Waals surface area contributed by atoms with Crippen molar-refractivity contribution in [1.82, 2.24) is 4.98 Å². The van der Waals surface area contributed by atoms with E-state index >= 15 is 0 Å². The maximum atomic E-state index is 5.75. The zero-order valence-electron chi connectivity index (χ0n) is 11.8. The van der Waals surface area contributed by atoms with Crippen molar-refractivity contribution in [3.8, 4) is 0 Å². The fourth-order valence-corrected chi connectivity index (χ4v) is 1.89. The van der Waals surface area contributed by atoms with Gasteiger partial charge in [0.15, 0.2) is 0 Å². The second-order valence-corrected chi connectivity index (χ2v) is 5.70. The number of hydrogen-bond acceptors (Lipinski definition) is 3. The summed E-state index contributed by atoms with van der Waals surface area (Å²) in [6, 6.07) is 10.2. The van der Waals surface area contributed by atoms with Crippen LogP contribution in [0.5, 0.6) is 0 Å². The highest BCUT2D eigenvalue weighted by Crippen LogP contribution is 2.26. The number of aromatic nitrogens is 1. The number of para-hydroxylation sites is 1. The third-order valence-electron chi connectivity index (χ3n) is 3.12. The minimum absolute atomic E-state index is 0.0953. The summed E-state index contributed by atoms with van der Waals surface area (Å²) in [4.78, 5) is 4.31. The molecule has 0 amide bonds. The van der Waals surface area contributed by atoms with E-state index in [-0.39, 0.29) is 5.41 Å². The van der Waals surface area contributed by atoms with Gasteiger partial charge in [-0.15, -0.1) is 0 Å². The number of nitrogens with zero attached hydrogens (tertiary/aromatic N) is 1. The number of anilines is 2. The van der Waals surface area contributed by atoms with Crippen LogP contribution >= 0.6 is 0 Å². The predicted molar refractivity (Wildman–Crippen MR) is 80.6 cm³/mol. The standard InChI is InChI=1S/C16H21N3/c1-16(2,3)13-8-14(11-18-10-13)19-15-7-5-4-6-12(15)9-17/h4-8,10-11,19H,9,17H2,1-3H3. The van der Waals surface area contributed by atoms with Gasteiger partial charge in [-0.3, -0.25) is 4.98 Å². The van der Waals surface area contributed by atoms with E-state index in [0.717, 1.165) is 16.9 Å². The van der Waals surface area contributed by atoms with Gasteiger partial charge in [0.2, 0.25) is 0 Å². The Morgan fingerprint density at radius 3 is 2.58 bits per heavy atom. The molecule has 0 aliphatic carbocycles. The molecule has 100 valence electrons. The SMILES string of the molecule is CC(C)(C)c1cncc(Nc2ccccc2CN)c1. The van der Waals surface area contributed by atoms with Crippen LogP contribution in [0, 0.1) is 0 Å². The van der Waals surface area contributed by atoms with Gasteiger partial charge >= 0.3 is 0 Å². The molecular weight excluding hydrogens is 234 g/mol. The molecule has 1 aromatic heterocycles. The molecule has 19 heavy (non-hydrogen) atoms. The largest absolute Gasteiger partial charge is 0.354 e. The van der Waals surface area contributed by atoms with Crippen LogP contribution in [-0.2, 0) is 12.0 Å². The Morgan fingerprint density at radius 1 is 1.16 bits per heavy atom. The number of rotatable bonds is 3. The van der Waals surface area contributed by atoms with E-state index in [4.69, 9.17) is 5.73 Å². The third-order valence-corrected chi connectivity index (χ3v) is 3.12. The highest BCUT2D eigenvalue weighted by Gasteiger charge is 2.14. The summed E-state index contributed by atoms with van der Waals surface area (Å²) in [5.74, 6) is 0. The van der Waals surface area contributed by atoms with Gasteiger partial charge in [-0.05, 0) is 28.7 Å². The van der Waals surface area contributed by atoms with E-state index in [1.54, 1.807) is 0 Å². The average Bonchev–Trinajstić information content (AvgIpc) is 2.39. The summed E-state index contributed by atoms with van der Waals surface area (Å²) in [7, 11) is 0. The molecule has 0 aliphatic heterocycles. The first-order valence-corrected chi connectivity index (χ1v) is 6.51. The Kier molecular flexibility index (Phi) is 3.86. The van der Waals surface area contributed by atoms with Crippen molar-refractivity contribution in [2.24, 2.45) is 5.73 Å². The van der Waals surface area contributed by atoms with E-state index < -0.39 is 0 Å². The van der Waals surface area contributed by atoms with Gasteiger partial charge in [0.05, 0.1) is 11.9 Å². The van der Waals surface area contributed by atoms with Gasteiger partial charge in [-0.1, -0.05) is 39.0 Å². The predicted octanol–water partition coefficient (Wildman–Crippen LogP) is 3.58. The number of benzene rings is 1. The second kappa shape index (κ2) is 5.41. The smallest absolute Gasteiger partial charge is 0.0573 e. The lowest BCUT2D eigenvalue weighted by Gasteiger charge is -2.19. The van der Waals surface area contributed by atoms with Crippen molar-refractivity contribution in [2.75, 3.05) is 5.32 Å². The Morgan fingerprint density at radius 2 is 1.89 bits per heavy atom. The highest BCUT2D eigenvalue weighted by atomic mass is 14.9. The first-order valence-electron chi connectivity index (χ1n) is 6.51. The summed E-state index contributed by atoms with van der Waals surface area (Å²) in [6.07, 6.45) is 3.75. The van der Waals surface area contributed by atoms with Crippen LogP contribution in [0.25, 0.3) is 0 Å². The van der Waals surface area contributed by atoms with Gasteiger partial charge in [-0.25, -0.2) is 0 Å². The Hall–Kier alpha value is -1.87. The van der Waals surface area contributed by atoms with Gasteiger partial charge < -0.3 is 11.1 Å². The molecule has 0 aliphatic rings. The zero-order chi connectivity index (χ0) is 13.9. The average molecular weight is 255 g/mol. The highest BCUT2D eigenvalue weighted by molar-refractivity contribution is 5.63. The van der Waals surface area contributed by atoms with Crippen LogP contribution in [0.3, 0.4) is 0 Å². The summed E-state index contributed by atoms with van der Waals surface area (Å²) < 4.78 is 0. The Bertz CT molecular complexity index is 556. The normalized spacial score (nSPS) is 11.4. The summed E-state index contributed by atoms with van der Waals surface area (Å²) in [5, 5.41) is 3.39. The van der Waals surface area contributed by atoms with Crippen molar-refractivity contribution < 1.29 is 0 Å². The fraction of sp³-hybridized carbons (Fsp3) is 0.312. The van der Waals surface area contributed by atoms with Crippen LogP contribution in [0.2, 0.25) is 0 Å². The molecule has 0 unspecified atom stereocenters. The monoisotopic (exact) mass is 255 g/mol. The molecule has 2 aromatic rings. The van der Waals surface area contributed by atoms with Crippen LogP contribution in [0.15, 0.2) is 42.7 Å². The van der Waals surface area contributed by atoms with Crippen LogP contribution in [0.1, 0.15) is 31.9 Å². The van der Waals surface area contributed by atoms with E-state index in [9.17, 15) is 0 Å². The molecule has 0 spiro atoms. The molecular formula is C16H21N3. The van der Waals surface area contributed by atoms with E-state index in [1.165, 1.54) is 5.56 Å². The number of hydrogen-bond donors (Lipinski definition) is 2. The molecule has 0 saturated heterocycles. The molecule has 1 heterocycles. The maximum Gasteiger partial charge on any atom is 0.0573 e. The lowest BCUT2D eigenvalue weighted by molar-refractivity contribution is 0.588. The van der Waals surface area contributed by atoms with Gasteiger partial charge in [0.1, 0.15) is 0 Å².